The van der Waals surface area contributed by atoms with Crippen LogP contribution in [0.1, 0.15) is 11.3 Å². The second-order valence-electron chi connectivity index (χ2n) is 3.25. The van der Waals surface area contributed by atoms with Crippen LogP contribution in [0, 0.1) is 12.2 Å². The maximum atomic E-state index is 13.2. The summed E-state index contributed by atoms with van der Waals surface area (Å²) in [4.78, 5) is 4.17. The average molecular weight is 200 g/mol. The molecule has 2 aromatic rings. The van der Waals surface area contributed by atoms with Crippen molar-refractivity contribution in [2.75, 3.05) is 0 Å². The van der Waals surface area contributed by atoms with E-state index in [0.29, 0.717) is 12.0 Å². The van der Waals surface area contributed by atoms with Crippen molar-refractivity contribution in [2.45, 2.75) is 6.42 Å². The molecule has 0 aliphatic rings. The molecule has 0 atom stereocenters. The van der Waals surface area contributed by atoms with Crippen molar-refractivity contribution >= 4 is 0 Å². The first kappa shape index (κ1) is 9.84. The van der Waals surface area contributed by atoms with E-state index in [2.05, 4.69) is 4.98 Å². The van der Waals surface area contributed by atoms with E-state index in [1.807, 2.05) is 30.7 Å². The van der Waals surface area contributed by atoms with Crippen molar-refractivity contribution in [1.29, 1.82) is 0 Å². The molecule has 0 aliphatic heterocycles. The van der Waals surface area contributed by atoms with Gasteiger partial charge in [-0.2, -0.15) is 0 Å². The van der Waals surface area contributed by atoms with Crippen LogP contribution in [-0.4, -0.2) is 4.98 Å². The predicted molar refractivity (Wildman–Crippen MR) is 57.7 cm³/mol. The Labute approximate surface area is 88.6 Å². The Morgan fingerprint density at radius 2 is 1.87 bits per heavy atom. The van der Waals surface area contributed by atoms with Crippen LogP contribution in [0.3, 0.4) is 0 Å². The summed E-state index contributed by atoms with van der Waals surface area (Å²) in [7, 11) is 0. The first-order valence-electron chi connectivity index (χ1n) is 4.84. The van der Waals surface area contributed by atoms with Gasteiger partial charge in [-0.05, 0) is 36.6 Å². The summed E-state index contributed by atoms with van der Waals surface area (Å²) in [6.45, 7) is 0. The smallest absolute Gasteiger partial charge is 0.126 e. The zero-order chi connectivity index (χ0) is 10.5. The standard InChI is InChI=1S/C13H11FN/c14-13-7-2-1-5-11(13)8-9-12-6-3-4-10-15-12/h1-8,10H,9H2. The SMILES string of the molecule is Fc1ccccc1[CH]Cc1ccccn1. The van der Waals surface area contributed by atoms with Crippen LogP contribution < -0.4 is 0 Å². The van der Waals surface area contributed by atoms with Crippen LogP contribution in [0.4, 0.5) is 4.39 Å². The fourth-order valence-corrected chi connectivity index (χ4v) is 1.37. The molecule has 1 radical (unpaired) electrons. The molecule has 0 N–H and O–H groups in total. The fraction of sp³-hybridized carbons (Fsp3) is 0.0769. The van der Waals surface area contributed by atoms with Crippen molar-refractivity contribution in [3.8, 4) is 0 Å². The van der Waals surface area contributed by atoms with Gasteiger partial charge < -0.3 is 0 Å². The highest BCUT2D eigenvalue weighted by Crippen LogP contribution is 2.11. The van der Waals surface area contributed by atoms with Crippen molar-refractivity contribution in [1.82, 2.24) is 4.98 Å². The molecule has 0 unspecified atom stereocenters. The molecule has 0 bridgehead atoms. The molecule has 75 valence electrons. The topological polar surface area (TPSA) is 12.9 Å². The number of nitrogens with zero attached hydrogens (tertiary/aromatic N) is 1. The highest BCUT2D eigenvalue weighted by atomic mass is 19.1. The third-order valence-electron chi connectivity index (χ3n) is 2.16. The minimum atomic E-state index is -0.187. The molecule has 0 spiro atoms. The van der Waals surface area contributed by atoms with E-state index < -0.39 is 0 Å². The maximum Gasteiger partial charge on any atom is 0.126 e. The second-order valence-corrected chi connectivity index (χ2v) is 3.25. The number of hydrogen-bond donors (Lipinski definition) is 0. The summed E-state index contributed by atoms with van der Waals surface area (Å²) in [5.41, 5.74) is 1.57. The van der Waals surface area contributed by atoms with Crippen molar-refractivity contribution in [3.63, 3.8) is 0 Å². The molecular formula is C13H11FN. The van der Waals surface area contributed by atoms with Crippen molar-refractivity contribution in [3.05, 3.63) is 72.2 Å². The van der Waals surface area contributed by atoms with Gasteiger partial charge in [0.2, 0.25) is 0 Å². The molecule has 0 aliphatic carbocycles. The molecule has 1 aromatic carbocycles. The Bertz CT molecular complexity index is 426. The first-order chi connectivity index (χ1) is 7.36. The summed E-state index contributed by atoms with van der Waals surface area (Å²) >= 11 is 0. The summed E-state index contributed by atoms with van der Waals surface area (Å²) < 4.78 is 13.2. The minimum Gasteiger partial charge on any atom is -0.261 e. The fourth-order valence-electron chi connectivity index (χ4n) is 1.37. The lowest BCUT2D eigenvalue weighted by Gasteiger charge is -2.01. The summed E-state index contributed by atoms with van der Waals surface area (Å²) in [5, 5.41) is 0. The zero-order valence-electron chi connectivity index (χ0n) is 8.23. The maximum absolute atomic E-state index is 13.2. The van der Waals surface area contributed by atoms with E-state index in [4.69, 9.17) is 0 Å². The first-order valence-corrected chi connectivity index (χ1v) is 4.84. The Hall–Kier alpha value is -1.70. The largest absolute Gasteiger partial charge is 0.261 e. The quantitative estimate of drug-likeness (QED) is 0.742. The average Bonchev–Trinajstić information content (AvgIpc) is 2.29. The normalized spacial score (nSPS) is 10.2. The number of benzene rings is 1. The van der Waals surface area contributed by atoms with E-state index in [1.165, 1.54) is 6.07 Å². The lowest BCUT2D eigenvalue weighted by molar-refractivity contribution is 0.619. The van der Waals surface area contributed by atoms with Gasteiger partial charge in [0.1, 0.15) is 5.82 Å². The van der Waals surface area contributed by atoms with Gasteiger partial charge in [0.05, 0.1) is 0 Å². The molecule has 0 saturated heterocycles. The van der Waals surface area contributed by atoms with Crippen LogP contribution in [-0.2, 0) is 6.42 Å². The van der Waals surface area contributed by atoms with Gasteiger partial charge in [-0.3, -0.25) is 4.98 Å². The van der Waals surface area contributed by atoms with Crippen LogP contribution >= 0.6 is 0 Å². The van der Waals surface area contributed by atoms with Crippen LogP contribution in [0.25, 0.3) is 0 Å². The highest BCUT2D eigenvalue weighted by Gasteiger charge is 2.01. The Morgan fingerprint density at radius 1 is 1.07 bits per heavy atom. The third kappa shape index (κ3) is 2.62. The van der Waals surface area contributed by atoms with Gasteiger partial charge in [0.25, 0.3) is 0 Å². The third-order valence-corrected chi connectivity index (χ3v) is 2.16. The molecule has 1 heterocycles. The molecule has 0 fully saturated rings. The minimum absolute atomic E-state index is 0.187. The predicted octanol–water partition coefficient (Wildman–Crippen LogP) is 3.02. The van der Waals surface area contributed by atoms with Gasteiger partial charge in [-0.25, -0.2) is 4.39 Å². The summed E-state index contributed by atoms with van der Waals surface area (Å²) in [6, 6.07) is 12.5. The van der Waals surface area contributed by atoms with Crippen LogP contribution in [0.5, 0.6) is 0 Å². The van der Waals surface area contributed by atoms with Crippen molar-refractivity contribution < 1.29 is 4.39 Å². The lowest BCUT2D eigenvalue weighted by Crippen LogP contribution is -1.93. The molecule has 2 heteroatoms. The van der Waals surface area contributed by atoms with Gasteiger partial charge in [-0.15, -0.1) is 0 Å². The Balaban J connectivity index is 2.03. The summed E-state index contributed by atoms with van der Waals surface area (Å²) in [5.74, 6) is -0.187. The lowest BCUT2D eigenvalue weighted by atomic mass is 10.1. The van der Waals surface area contributed by atoms with Gasteiger partial charge in [-0.1, -0.05) is 24.3 Å². The number of aromatic nitrogens is 1. The summed E-state index contributed by atoms with van der Waals surface area (Å²) in [6.07, 6.45) is 4.24. The monoisotopic (exact) mass is 200 g/mol. The molecule has 2 rings (SSSR count). The number of pyridine rings is 1. The van der Waals surface area contributed by atoms with E-state index in [0.717, 1.165) is 5.69 Å². The second kappa shape index (κ2) is 4.69. The Kier molecular flexibility index (Phi) is 3.08. The van der Waals surface area contributed by atoms with Crippen molar-refractivity contribution in [2.24, 2.45) is 0 Å². The molecule has 0 saturated carbocycles. The number of halogens is 1. The van der Waals surface area contributed by atoms with E-state index in [-0.39, 0.29) is 5.82 Å². The van der Waals surface area contributed by atoms with Gasteiger partial charge >= 0.3 is 0 Å². The Morgan fingerprint density at radius 3 is 2.60 bits per heavy atom. The number of hydrogen-bond acceptors (Lipinski definition) is 1. The molecule has 15 heavy (non-hydrogen) atoms. The van der Waals surface area contributed by atoms with E-state index >= 15 is 0 Å². The van der Waals surface area contributed by atoms with Crippen LogP contribution in [0.2, 0.25) is 0 Å². The highest BCUT2D eigenvalue weighted by molar-refractivity contribution is 5.26. The molecular weight excluding hydrogens is 189 g/mol. The molecule has 1 nitrogen and oxygen atoms in total. The van der Waals surface area contributed by atoms with E-state index in [9.17, 15) is 4.39 Å². The van der Waals surface area contributed by atoms with E-state index in [1.54, 1.807) is 18.3 Å². The molecule has 0 amide bonds. The van der Waals surface area contributed by atoms with Gasteiger partial charge in [0, 0.05) is 11.9 Å². The van der Waals surface area contributed by atoms with Gasteiger partial charge in [0.15, 0.2) is 0 Å². The molecule has 1 aromatic heterocycles. The van der Waals surface area contributed by atoms with Crippen LogP contribution in [0.15, 0.2) is 48.7 Å². The number of rotatable bonds is 3. The zero-order valence-corrected chi connectivity index (χ0v) is 8.23.